The number of hydrogen-bond acceptors (Lipinski definition) is 3. The van der Waals surface area contributed by atoms with Gasteiger partial charge in [0, 0.05) is 0 Å². The van der Waals surface area contributed by atoms with Gasteiger partial charge in [-0.15, -0.1) is 0 Å². The van der Waals surface area contributed by atoms with Crippen molar-refractivity contribution in [1.82, 2.24) is 4.72 Å². The van der Waals surface area contributed by atoms with Crippen LogP contribution in [0.1, 0.15) is 36.5 Å². The van der Waals surface area contributed by atoms with Gasteiger partial charge in [0.25, 0.3) is 0 Å². The van der Waals surface area contributed by atoms with Crippen LogP contribution in [0.15, 0.2) is 53.4 Å². The Hall–Kier alpha value is -2.18. The Morgan fingerprint density at radius 2 is 1.68 bits per heavy atom. The highest BCUT2D eigenvalue weighted by molar-refractivity contribution is 7.89. The molecule has 0 spiro atoms. The summed E-state index contributed by atoms with van der Waals surface area (Å²) in [6.07, 6.45) is 4.05. The summed E-state index contributed by atoms with van der Waals surface area (Å²) >= 11 is 0. The third kappa shape index (κ3) is 3.45. The average molecular weight is 358 g/mol. The van der Waals surface area contributed by atoms with Crippen LogP contribution in [0.25, 0.3) is 0 Å². The van der Waals surface area contributed by atoms with Crippen LogP contribution in [0, 0.1) is 0 Å². The molecule has 3 N–H and O–H groups in total. The van der Waals surface area contributed by atoms with Gasteiger partial charge in [0.2, 0.25) is 15.9 Å². The van der Waals surface area contributed by atoms with Gasteiger partial charge in [-0.05, 0) is 61.4 Å². The van der Waals surface area contributed by atoms with E-state index in [4.69, 9.17) is 5.73 Å². The molecule has 0 saturated carbocycles. The van der Waals surface area contributed by atoms with E-state index in [0.29, 0.717) is 5.56 Å². The minimum atomic E-state index is -3.90. The van der Waals surface area contributed by atoms with Crippen molar-refractivity contribution in [3.8, 4) is 0 Å². The molecule has 132 valence electrons. The molecule has 3 rings (SSSR count). The Kier molecular flexibility index (Phi) is 4.67. The first-order valence-electron chi connectivity index (χ1n) is 8.34. The molecule has 0 saturated heterocycles. The van der Waals surface area contributed by atoms with Gasteiger partial charge in [-0.25, -0.2) is 8.42 Å². The van der Waals surface area contributed by atoms with Gasteiger partial charge in [0.15, 0.2) is 0 Å². The monoisotopic (exact) mass is 358 g/mol. The number of amides is 1. The summed E-state index contributed by atoms with van der Waals surface area (Å²) in [4.78, 5) is 12.2. The Labute approximate surface area is 148 Å². The number of aryl methyl sites for hydroxylation is 2. The molecule has 0 fully saturated rings. The zero-order valence-corrected chi connectivity index (χ0v) is 15.0. The fourth-order valence-corrected chi connectivity index (χ4v) is 4.65. The van der Waals surface area contributed by atoms with E-state index in [-0.39, 0.29) is 4.90 Å². The first kappa shape index (κ1) is 17.6. The molecular formula is C19H22N2O3S. The van der Waals surface area contributed by atoms with Crippen molar-refractivity contribution in [2.75, 3.05) is 0 Å². The van der Waals surface area contributed by atoms with Crippen LogP contribution in [0.4, 0.5) is 0 Å². The summed E-state index contributed by atoms with van der Waals surface area (Å²) in [6, 6.07) is 13.8. The fraction of sp³-hybridized carbons (Fsp3) is 0.316. The molecule has 0 unspecified atom stereocenters. The summed E-state index contributed by atoms with van der Waals surface area (Å²) in [7, 11) is -3.90. The first-order valence-corrected chi connectivity index (χ1v) is 9.82. The van der Waals surface area contributed by atoms with Crippen LogP contribution < -0.4 is 10.5 Å². The number of carbonyl (C=O) groups excluding carboxylic acids is 1. The highest BCUT2D eigenvalue weighted by Crippen LogP contribution is 2.27. The van der Waals surface area contributed by atoms with Gasteiger partial charge in [0.05, 0.1) is 4.90 Å². The molecule has 5 nitrogen and oxygen atoms in total. The van der Waals surface area contributed by atoms with Crippen molar-refractivity contribution in [3.63, 3.8) is 0 Å². The zero-order chi connectivity index (χ0) is 18.1. The Bertz CT molecular complexity index is 894. The number of nitrogens with one attached hydrogen (secondary N) is 1. The second-order valence-corrected chi connectivity index (χ2v) is 8.28. The number of sulfonamides is 1. The van der Waals surface area contributed by atoms with E-state index in [1.165, 1.54) is 12.5 Å². The topological polar surface area (TPSA) is 89.3 Å². The van der Waals surface area contributed by atoms with E-state index >= 15 is 0 Å². The molecule has 6 heteroatoms. The number of primary amides is 1. The lowest BCUT2D eigenvalue weighted by molar-refractivity contribution is -0.123. The molecular weight excluding hydrogens is 336 g/mol. The highest BCUT2D eigenvalue weighted by Gasteiger charge is 2.38. The van der Waals surface area contributed by atoms with E-state index in [0.717, 1.165) is 31.2 Å². The number of fused-ring (bicyclic) bond motifs is 1. The van der Waals surface area contributed by atoms with Crippen LogP contribution in [0.5, 0.6) is 0 Å². The highest BCUT2D eigenvalue weighted by atomic mass is 32.2. The van der Waals surface area contributed by atoms with E-state index in [1.54, 1.807) is 42.5 Å². The Morgan fingerprint density at radius 3 is 2.32 bits per heavy atom. The number of hydrogen-bond donors (Lipinski definition) is 2. The van der Waals surface area contributed by atoms with Crippen LogP contribution in [0.2, 0.25) is 0 Å². The lowest BCUT2D eigenvalue weighted by Crippen LogP contribution is -2.52. The van der Waals surface area contributed by atoms with Gasteiger partial charge in [-0.2, -0.15) is 4.72 Å². The molecule has 25 heavy (non-hydrogen) atoms. The van der Waals surface area contributed by atoms with Crippen molar-refractivity contribution in [2.24, 2.45) is 5.73 Å². The third-order valence-electron chi connectivity index (χ3n) is 4.81. The van der Waals surface area contributed by atoms with Gasteiger partial charge in [-0.1, -0.05) is 36.4 Å². The molecule has 1 aliphatic rings. The predicted octanol–water partition coefficient (Wildman–Crippen LogP) is 2.24. The quantitative estimate of drug-likeness (QED) is 0.859. The van der Waals surface area contributed by atoms with E-state index < -0.39 is 21.5 Å². The lowest BCUT2D eigenvalue weighted by Gasteiger charge is -2.28. The molecule has 1 atom stereocenters. The number of benzene rings is 2. The number of rotatable bonds is 5. The summed E-state index contributed by atoms with van der Waals surface area (Å²) in [5.41, 5.74) is 6.78. The summed E-state index contributed by atoms with van der Waals surface area (Å²) in [6.45, 7) is 1.49. The minimum absolute atomic E-state index is 0.163. The average Bonchev–Trinajstić information content (AvgIpc) is 2.61. The second kappa shape index (κ2) is 6.61. The maximum Gasteiger partial charge on any atom is 0.243 e. The molecule has 2 aromatic rings. The van der Waals surface area contributed by atoms with Crippen LogP contribution in [0.3, 0.4) is 0 Å². The molecule has 0 heterocycles. The summed E-state index contributed by atoms with van der Waals surface area (Å²) in [5.74, 6) is -0.750. The maximum atomic E-state index is 12.9. The Balaban J connectivity index is 1.98. The number of carbonyl (C=O) groups is 1. The number of nitrogens with two attached hydrogens (primary N) is 1. The second-order valence-electron chi connectivity index (χ2n) is 6.60. The molecule has 0 bridgehead atoms. The zero-order valence-electron chi connectivity index (χ0n) is 14.2. The maximum absolute atomic E-state index is 12.9. The van der Waals surface area contributed by atoms with Gasteiger partial charge in [-0.3, -0.25) is 4.79 Å². The lowest BCUT2D eigenvalue weighted by atomic mass is 9.92. The third-order valence-corrected chi connectivity index (χ3v) is 6.36. The van der Waals surface area contributed by atoms with Crippen molar-refractivity contribution in [2.45, 2.75) is 43.0 Å². The molecule has 2 aromatic carbocycles. The SMILES string of the molecule is C[C@@](NS(=O)(=O)c1ccc2c(c1)CCCC2)(C(N)=O)c1ccccc1. The minimum Gasteiger partial charge on any atom is -0.368 e. The summed E-state index contributed by atoms with van der Waals surface area (Å²) in [5, 5.41) is 0. The largest absolute Gasteiger partial charge is 0.368 e. The van der Waals surface area contributed by atoms with Gasteiger partial charge >= 0.3 is 0 Å². The van der Waals surface area contributed by atoms with Crippen molar-refractivity contribution in [1.29, 1.82) is 0 Å². The molecule has 0 radical (unpaired) electrons. The molecule has 1 amide bonds. The molecule has 0 aliphatic heterocycles. The normalized spacial score (nSPS) is 16.7. The van der Waals surface area contributed by atoms with E-state index in [2.05, 4.69) is 4.72 Å². The summed E-state index contributed by atoms with van der Waals surface area (Å²) < 4.78 is 28.3. The van der Waals surface area contributed by atoms with Crippen LogP contribution in [-0.2, 0) is 33.2 Å². The van der Waals surface area contributed by atoms with Crippen molar-refractivity contribution in [3.05, 3.63) is 65.2 Å². The van der Waals surface area contributed by atoms with E-state index in [1.807, 2.05) is 6.07 Å². The van der Waals surface area contributed by atoms with Crippen molar-refractivity contribution < 1.29 is 13.2 Å². The fourth-order valence-electron chi connectivity index (χ4n) is 3.23. The van der Waals surface area contributed by atoms with Gasteiger partial charge < -0.3 is 5.73 Å². The van der Waals surface area contributed by atoms with Crippen LogP contribution in [-0.4, -0.2) is 14.3 Å². The predicted molar refractivity (Wildman–Crippen MR) is 96.4 cm³/mol. The standard InChI is InChI=1S/C19H22N2O3S/c1-19(18(20)22,16-9-3-2-4-10-16)21-25(23,24)17-12-11-14-7-5-6-8-15(14)13-17/h2-4,9-13,21H,5-8H2,1H3,(H2,20,22)/t19-/m0/s1. The molecule has 1 aliphatic carbocycles. The smallest absolute Gasteiger partial charge is 0.243 e. The van der Waals surface area contributed by atoms with E-state index in [9.17, 15) is 13.2 Å². The van der Waals surface area contributed by atoms with Gasteiger partial charge in [0.1, 0.15) is 5.54 Å². The van der Waals surface area contributed by atoms with Crippen LogP contribution >= 0.6 is 0 Å². The first-order chi connectivity index (χ1) is 11.8. The van der Waals surface area contributed by atoms with Crippen molar-refractivity contribution >= 4 is 15.9 Å². The molecule has 0 aromatic heterocycles. The Morgan fingerprint density at radius 1 is 1.04 bits per heavy atom.